The van der Waals surface area contributed by atoms with Crippen LogP contribution in [0.25, 0.3) is 0 Å². The molecule has 0 radical (unpaired) electrons. The van der Waals surface area contributed by atoms with Gasteiger partial charge in [0.05, 0.1) is 6.04 Å². The molecule has 4 rings (SSSR count). The van der Waals surface area contributed by atoms with Crippen LogP contribution in [-0.2, 0) is 0 Å². The van der Waals surface area contributed by atoms with Gasteiger partial charge in [0.2, 0.25) is 0 Å². The molecule has 1 aromatic carbocycles. The standard InChI is InChI=1S/C17H18N2O3/c20-17(13-3-1-7-18-13)19-8-2-4-14(19)12-5-6-15-16(11-12)22-10-9-21-15/h1,3,5-7,11,14,18H,2,4,8-10H2. The Morgan fingerprint density at radius 1 is 1.18 bits per heavy atom. The van der Waals surface area contributed by atoms with E-state index in [2.05, 4.69) is 4.98 Å². The van der Waals surface area contributed by atoms with Crippen LogP contribution in [0.1, 0.15) is 34.9 Å². The lowest BCUT2D eigenvalue weighted by atomic mass is 10.0. The predicted molar refractivity (Wildman–Crippen MR) is 81.2 cm³/mol. The number of hydrogen-bond acceptors (Lipinski definition) is 3. The number of aromatic amines is 1. The fourth-order valence-electron chi connectivity index (χ4n) is 3.24. The summed E-state index contributed by atoms with van der Waals surface area (Å²) in [5, 5.41) is 0. The van der Waals surface area contributed by atoms with Crippen LogP contribution in [0.4, 0.5) is 0 Å². The predicted octanol–water partition coefficient (Wildman–Crippen LogP) is 2.76. The summed E-state index contributed by atoms with van der Waals surface area (Å²) in [6.45, 7) is 1.95. The number of carbonyl (C=O) groups is 1. The van der Waals surface area contributed by atoms with E-state index in [0.717, 1.165) is 36.4 Å². The van der Waals surface area contributed by atoms with Crippen molar-refractivity contribution in [2.24, 2.45) is 0 Å². The van der Waals surface area contributed by atoms with E-state index < -0.39 is 0 Å². The molecule has 2 aromatic rings. The number of amides is 1. The van der Waals surface area contributed by atoms with Gasteiger partial charge < -0.3 is 19.4 Å². The number of benzene rings is 1. The Balaban J connectivity index is 1.62. The van der Waals surface area contributed by atoms with Gasteiger partial charge >= 0.3 is 0 Å². The van der Waals surface area contributed by atoms with E-state index in [4.69, 9.17) is 9.47 Å². The van der Waals surface area contributed by atoms with Gasteiger partial charge in [0.25, 0.3) is 5.91 Å². The molecule has 3 heterocycles. The first-order chi connectivity index (χ1) is 10.8. The van der Waals surface area contributed by atoms with Crippen LogP contribution in [-0.4, -0.2) is 35.5 Å². The van der Waals surface area contributed by atoms with Gasteiger partial charge in [-0.15, -0.1) is 0 Å². The quantitative estimate of drug-likeness (QED) is 0.927. The number of rotatable bonds is 2. The molecule has 0 spiro atoms. The highest BCUT2D eigenvalue weighted by Gasteiger charge is 2.31. The largest absolute Gasteiger partial charge is 0.486 e. The van der Waals surface area contributed by atoms with Crippen LogP contribution in [0.15, 0.2) is 36.5 Å². The second kappa shape index (κ2) is 5.40. The van der Waals surface area contributed by atoms with Crippen LogP contribution < -0.4 is 9.47 Å². The van der Waals surface area contributed by atoms with E-state index in [1.807, 2.05) is 35.2 Å². The van der Waals surface area contributed by atoms with E-state index in [1.54, 1.807) is 6.20 Å². The highest BCUT2D eigenvalue weighted by molar-refractivity contribution is 5.92. The SMILES string of the molecule is O=C(c1ccc[nH]1)N1CCCC1c1ccc2c(c1)OCCO2. The first kappa shape index (κ1) is 13.2. The molecule has 114 valence electrons. The summed E-state index contributed by atoms with van der Waals surface area (Å²) in [5.74, 6) is 1.63. The maximum absolute atomic E-state index is 12.6. The van der Waals surface area contributed by atoms with Gasteiger partial charge in [-0.1, -0.05) is 6.07 Å². The molecular weight excluding hydrogens is 280 g/mol. The smallest absolute Gasteiger partial charge is 0.270 e. The molecule has 2 aliphatic heterocycles. The lowest BCUT2D eigenvalue weighted by Gasteiger charge is -2.26. The first-order valence-corrected chi connectivity index (χ1v) is 7.67. The highest BCUT2D eigenvalue weighted by Crippen LogP contribution is 2.38. The molecule has 0 aliphatic carbocycles. The van der Waals surface area contributed by atoms with Crippen LogP contribution in [0.3, 0.4) is 0 Å². The molecule has 0 saturated carbocycles. The summed E-state index contributed by atoms with van der Waals surface area (Å²) >= 11 is 0. The van der Waals surface area contributed by atoms with Crippen LogP contribution in [0, 0.1) is 0 Å². The molecule has 1 amide bonds. The van der Waals surface area contributed by atoms with Crippen molar-refractivity contribution in [2.75, 3.05) is 19.8 Å². The van der Waals surface area contributed by atoms with Crippen molar-refractivity contribution in [3.05, 3.63) is 47.8 Å². The summed E-state index contributed by atoms with van der Waals surface area (Å²) in [6, 6.07) is 9.77. The van der Waals surface area contributed by atoms with E-state index >= 15 is 0 Å². The molecule has 1 aromatic heterocycles. The van der Waals surface area contributed by atoms with Gasteiger partial charge in [-0.25, -0.2) is 0 Å². The number of nitrogens with one attached hydrogen (secondary N) is 1. The minimum absolute atomic E-state index is 0.0578. The van der Waals surface area contributed by atoms with Crippen molar-refractivity contribution in [1.82, 2.24) is 9.88 Å². The number of carbonyl (C=O) groups excluding carboxylic acids is 1. The Kier molecular flexibility index (Phi) is 3.25. The zero-order chi connectivity index (χ0) is 14.9. The van der Waals surface area contributed by atoms with Crippen molar-refractivity contribution < 1.29 is 14.3 Å². The summed E-state index contributed by atoms with van der Waals surface area (Å²) < 4.78 is 11.2. The maximum Gasteiger partial charge on any atom is 0.270 e. The molecule has 0 bridgehead atoms. The molecular formula is C17H18N2O3. The summed E-state index contributed by atoms with van der Waals surface area (Å²) in [6.07, 6.45) is 3.78. The number of hydrogen-bond donors (Lipinski definition) is 1. The Morgan fingerprint density at radius 2 is 2.05 bits per heavy atom. The lowest BCUT2D eigenvalue weighted by molar-refractivity contribution is 0.0730. The van der Waals surface area contributed by atoms with Crippen molar-refractivity contribution >= 4 is 5.91 Å². The van der Waals surface area contributed by atoms with Crippen molar-refractivity contribution in [1.29, 1.82) is 0 Å². The van der Waals surface area contributed by atoms with Crippen molar-refractivity contribution in [2.45, 2.75) is 18.9 Å². The second-order valence-electron chi connectivity index (χ2n) is 5.64. The van der Waals surface area contributed by atoms with E-state index in [1.165, 1.54) is 0 Å². The molecule has 22 heavy (non-hydrogen) atoms. The van der Waals surface area contributed by atoms with Crippen molar-refractivity contribution in [3.63, 3.8) is 0 Å². The number of nitrogens with zero attached hydrogens (tertiary/aromatic N) is 1. The van der Waals surface area contributed by atoms with Gasteiger partial charge in [0.1, 0.15) is 18.9 Å². The zero-order valence-corrected chi connectivity index (χ0v) is 12.2. The lowest BCUT2D eigenvalue weighted by Crippen LogP contribution is -2.30. The minimum atomic E-state index is 0.0578. The minimum Gasteiger partial charge on any atom is -0.486 e. The third kappa shape index (κ3) is 2.22. The topological polar surface area (TPSA) is 54.6 Å². The number of H-pyrrole nitrogens is 1. The Labute approximate surface area is 128 Å². The van der Waals surface area contributed by atoms with Crippen LogP contribution in [0.2, 0.25) is 0 Å². The number of ether oxygens (including phenoxy) is 2. The Hall–Kier alpha value is -2.43. The van der Waals surface area contributed by atoms with Gasteiger partial charge in [-0.2, -0.15) is 0 Å². The van der Waals surface area contributed by atoms with Crippen LogP contribution >= 0.6 is 0 Å². The molecule has 1 unspecified atom stereocenters. The Morgan fingerprint density at radius 3 is 2.86 bits per heavy atom. The summed E-state index contributed by atoms with van der Waals surface area (Å²) in [5.41, 5.74) is 1.76. The maximum atomic E-state index is 12.6. The van der Waals surface area contributed by atoms with Gasteiger partial charge in [-0.3, -0.25) is 4.79 Å². The molecule has 1 fully saturated rings. The normalized spacial score (nSPS) is 20.2. The third-order valence-corrected chi connectivity index (χ3v) is 4.29. The molecule has 5 nitrogen and oxygen atoms in total. The average Bonchev–Trinajstić information content (AvgIpc) is 3.25. The molecule has 1 N–H and O–H groups in total. The second-order valence-corrected chi connectivity index (χ2v) is 5.64. The van der Waals surface area contributed by atoms with Gasteiger partial charge in [0, 0.05) is 12.7 Å². The molecule has 1 atom stereocenters. The van der Waals surface area contributed by atoms with Gasteiger partial charge in [-0.05, 0) is 42.7 Å². The third-order valence-electron chi connectivity index (χ3n) is 4.29. The van der Waals surface area contributed by atoms with Crippen LogP contribution in [0.5, 0.6) is 11.5 Å². The van der Waals surface area contributed by atoms with Gasteiger partial charge in [0.15, 0.2) is 11.5 Å². The fraction of sp³-hybridized carbons (Fsp3) is 0.353. The molecule has 1 saturated heterocycles. The van der Waals surface area contributed by atoms with Crippen molar-refractivity contribution in [3.8, 4) is 11.5 Å². The van der Waals surface area contributed by atoms with E-state index in [-0.39, 0.29) is 11.9 Å². The highest BCUT2D eigenvalue weighted by atomic mass is 16.6. The zero-order valence-electron chi connectivity index (χ0n) is 12.2. The first-order valence-electron chi connectivity index (χ1n) is 7.67. The molecule has 5 heteroatoms. The number of likely N-dealkylation sites (tertiary alicyclic amines) is 1. The monoisotopic (exact) mass is 298 g/mol. The van der Waals surface area contributed by atoms with E-state index in [0.29, 0.717) is 18.9 Å². The van der Waals surface area contributed by atoms with E-state index in [9.17, 15) is 4.79 Å². The average molecular weight is 298 g/mol. The summed E-state index contributed by atoms with van der Waals surface area (Å²) in [7, 11) is 0. The number of fused-ring (bicyclic) bond motifs is 1. The number of aromatic nitrogens is 1. The molecule has 2 aliphatic rings. The fourth-order valence-corrected chi connectivity index (χ4v) is 3.24. The summed E-state index contributed by atoms with van der Waals surface area (Å²) in [4.78, 5) is 17.6. The Bertz CT molecular complexity index is 681.